The maximum Gasteiger partial charge on any atom is 0.317 e. The van der Waals surface area contributed by atoms with Gasteiger partial charge in [0.1, 0.15) is 0 Å². The second-order valence-electron chi connectivity index (χ2n) is 8.36. The number of carbonyl (C=O) groups is 2. The summed E-state index contributed by atoms with van der Waals surface area (Å²) in [7, 11) is 0. The summed E-state index contributed by atoms with van der Waals surface area (Å²) < 4.78 is 0. The number of carbonyl (C=O) groups excluding carboxylic acids is 2. The van der Waals surface area contributed by atoms with Crippen LogP contribution < -0.4 is 5.32 Å². The molecule has 1 aliphatic heterocycles. The number of nitrogens with one attached hydrogen (secondary N) is 1. The van der Waals surface area contributed by atoms with Crippen LogP contribution in [-0.4, -0.2) is 54.0 Å². The maximum atomic E-state index is 12.8. The summed E-state index contributed by atoms with van der Waals surface area (Å²) in [6.45, 7) is 5.15. The van der Waals surface area contributed by atoms with Crippen LogP contribution in [0.25, 0.3) is 0 Å². The molecule has 0 unspecified atom stereocenters. The highest BCUT2D eigenvalue weighted by molar-refractivity contribution is 5.74. The van der Waals surface area contributed by atoms with Crippen LogP contribution in [0.1, 0.15) is 71.1 Å². The van der Waals surface area contributed by atoms with Crippen molar-refractivity contribution in [3.05, 3.63) is 0 Å². The first-order chi connectivity index (χ1) is 12.1. The van der Waals surface area contributed by atoms with Gasteiger partial charge >= 0.3 is 6.03 Å². The van der Waals surface area contributed by atoms with Crippen molar-refractivity contribution in [1.29, 1.82) is 0 Å². The molecule has 3 amide bonds. The Morgan fingerprint density at radius 3 is 2.24 bits per heavy atom. The largest absolute Gasteiger partial charge is 0.343 e. The van der Waals surface area contributed by atoms with Gasteiger partial charge in [0.25, 0.3) is 0 Å². The van der Waals surface area contributed by atoms with Gasteiger partial charge in [-0.2, -0.15) is 0 Å². The van der Waals surface area contributed by atoms with Crippen LogP contribution in [0, 0.1) is 11.8 Å². The van der Waals surface area contributed by atoms with E-state index in [1.807, 2.05) is 4.90 Å². The number of rotatable bonds is 6. The molecule has 2 saturated carbocycles. The van der Waals surface area contributed by atoms with E-state index in [1.54, 1.807) is 6.92 Å². The molecule has 0 aromatic carbocycles. The normalized spacial score (nSPS) is 22.7. The van der Waals surface area contributed by atoms with Gasteiger partial charge in [-0.05, 0) is 56.8 Å². The van der Waals surface area contributed by atoms with E-state index in [0.717, 1.165) is 51.4 Å². The monoisotopic (exact) mass is 349 g/mol. The molecule has 2 aliphatic carbocycles. The summed E-state index contributed by atoms with van der Waals surface area (Å²) in [5, 5.41) is 3.20. The van der Waals surface area contributed by atoms with E-state index in [1.165, 1.54) is 44.9 Å². The number of nitrogens with zero attached hydrogens (tertiary/aromatic N) is 2. The van der Waals surface area contributed by atoms with E-state index >= 15 is 0 Å². The van der Waals surface area contributed by atoms with Crippen LogP contribution in [0.15, 0.2) is 0 Å². The molecule has 0 bridgehead atoms. The zero-order valence-electron chi connectivity index (χ0n) is 15.8. The first kappa shape index (κ1) is 18.5. The minimum atomic E-state index is 0.167. The first-order valence-corrected chi connectivity index (χ1v) is 10.4. The first-order valence-electron chi connectivity index (χ1n) is 10.4. The lowest BCUT2D eigenvalue weighted by Gasteiger charge is -2.35. The van der Waals surface area contributed by atoms with Gasteiger partial charge in [-0.15, -0.1) is 0 Å². The standard InChI is InChI=1S/C20H35N3O2/c1-16(24)22-13-10-17(11-14-22)9-12-21-20(25)23(15-18-7-8-18)19-5-3-2-4-6-19/h17-19H,2-15H2,1H3,(H,21,25). The highest BCUT2D eigenvalue weighted by Crippen LogP contribution is 2.32. The molecule has 0 atom stereocenters. The third-order valence-corrected chi connectivity index (χ3v) is 6.32. The van der Waals surface area contributed by atoms with Crippen molar-refractivity contribution in [3.63, 3.8) is 0 Å². The highest BCUT2D eigenvalue weighted by atomic mass is 16.2. The molecule has 3 rings (SSSR count). The molecule has 5 nitrogen and oxygen atoms in total. The molecule has 142 valence electrons. The molecule has 0 radical (unpaired) electrons. The molecule has 5 heteroatoms. The molecule has 1 heterocycles. The Labute approximate surface area is 152 Å². The van der Waals surface area contributed by atoms with Crippen molar-refractivity contribution in [1.82, 2.24) is 15.1 Å². The van der Waals surface area contributed by atoms with Crippen molar-refractivity contribution >= 4 is 11.9 Å². The lowest BCUT2D eigenvalue weighted by molar-refractivity contribution is -0.130. The summed E-state index contributed by atoms with van der Waals surface area (Å²) in [6, 6.07) is 0.633. The fourth-order valence-corrected chi connectivity index (χ4v) is 4.39. The van der Waals surface area contributed by atoms with E-state index in [0.29, 0.717) is 12.0 Å². The Balaban J connectivity index is 1.39. The Morgan fingerprint density at radius 1 is 0.960 bits per heavy atom. The van der Waals surface area contributed by atoms with Crippen molar-refractivity contribution < 1.29 is 9.59 Å². The number of amides is 3. The summed E-state index contributed by atoms with van der Waals surface area (Å²) in [5.41, 5.74) is 0. The zero-order chi connectivity index (χ0) is 17.6. The molecule has 1 N–H and O–H groups in total. The summed E-state index contributed by atoms with van der Waals surface area (Å²) >= 11 is 0. The van der Waals surface area contributed by atoms with Crippen LogP contribution in [0.2, 0.25) is 0 Å². The van der Waals surface area contributed by atoms with Crippen LogP contribution in [0.4, 0.5) is 4.79 Å². The number of urea groups is 1. The van der Waals surface area contributed by atoms with E-state index in [4.69, 9.17) is 0 Å². The molecule has 0 aromatic rings. The number of piperidine rings is 1. The minimum Gasteiger partial charge on any atom is -0.343 e. The highest BCUT2D eigenvalue weighted by Gasteiger charge is 2.31. The SMILES string of the molecule is CC(=O)N1CCC(CCNC(=O)N(CC2CC2)C2CCCCC2)CC1. The maximum absolute atomic E-state index is 12.8. The number of hydrogen-bond acceptors (Lipinski definition) is 2. The van der Waals surface area contributed by atoms with Crippen molar-refractivity contribution in [2.45, 2.75) is 77.2 Å². The van der Waals surface area contributed by atoms with E-state index < -0.39 is 0 Å². The van der Waals surface area contributed by atoms with E-state index in [9.17, 15) is 9.59 Å². The fraction of sp³-hybridized carbons (Fsp3) is 0.900. The zero-order valence-corrected chi connectivity index (χ0v) is 15.8. The number of likely N-dealkylation sites (tertiary alicyclic amines) is 1. The van der Waals surface area contributed by atoms with Crippen molar-refractivity contribution in [3.8, 4) is 0 Å². The summed E-state index contributed by atoms with van der Waals surface area (Å²) in [4.78, 5) is 28.2. The fourth-order valence-electron chi connectivity index (χ4n) is 4.39. The van der Waals surface area contributed by atoms with Gasteiger partial charge in [0.05, 0.1) is 0 Å². The minimum absolute atomic E-state index is 0.167. The smallest absolute Gasteiger partial charge is 0.317 e. The lowest BCUT2D eigenvalue weighted by atomic mass is 9.93. The van der Waals surface area contributed by atoms with Crippen LogP contribution >= 0.6 is 0 Å². The van der Waals surface area contributed by atoms with Gasteiger partial charge in [0, 0.05) is 39.1 Å². The van der Waals surface area contributed by atoms with Crippen LogP contribution in [0.3, 0.4) is 0 Å². The lowest BCUT2D eigenvalue weighted by Crippen LogP contribution is -2.48. The Morgan fingerprint density at radius 2 is 1.64 bits per heavy atom. The molecule has 1 saturated heterocycles. The Bertz CT molecular complexity index is 450. The van der Waals surface area contributed by atoms with Gasteiger partial charge in [-0.3, -0.25) is 4.79 Å². The quantitative estimate of drug-likeness (QED) is 0.799. The van der Waals surface area contributed by atoms with Crippen LogP contribution in [-0.2, 0) is 4.79 Å². The van der Waals surface area contributed by atoms with Gasteiger partial charge in [-0.25, -0.2) is 4.79 Å². The third-order valence-electron chi connectivity index (χ3n) is 6.32. The third kappa shape index (κ3) is 5.61. The topological polar surface area (TPSA) is 52.7 Å². The Kier molecular flexibility index (Phi) is 6.60. The predicted octanol–water partition coefficient (Wildman–Crippen LogP) is 3.39. The van der Waals surface area contributed by atoms with Gasteiger partial charge in [0.15, 0.2) is 0 Å². The molecular formula is C20H35N3O2. The van der Waals surface area contributed by atoms with Gasteiger partial charge in [-0.1, -0.05) is 19.3 Å². The molecule has 0 aromatic heterocycles. The predicted molar refractivity (Wildman–Crippen MR) is 99.3 cm³/mol. The number of hydrogen-bond donors (Lipinski definition) is 1. The summed E-state index contributed by atoms with van der Waals surface area (Å²) in [5.74, 6) is 1.58. The van der Waals surface area contributed by atoms with Gasteiger partial charge in [0.2, 0.25) is 5.91 Å². The van der Waals surface area contributed by atoms with E-state index in [2.05, 4.69) is 10.2 Å². The summed E-state index contributed by atoms with van der Waals surface area (Å²) in [6.07, 6.45) is 12.0. The molecule has 3 aliphatic rings. The van der Waals surface area contributed by atoms with Gasteiger partial charge < -0.3 is 15.1 Å². The van der Waals surface area contributed by atoms with Crippen LogP contribution in [0.5, 0.6) is 0 Å². The molecule has 25 heavy (non-hydrogen) atoms. The van der Waals surface area contributed by atoms with Crippen molar-refractivity contribution in [2.24, 2.45) is 11.8 Å². The van der Waals surface area contributed by atoms with Crippen molar-refractivity contribution in [2.75, 3.05) is 26.2 Å². The average Bonchev–Trinajstić information content (AvgIpc) is 3.45. The second kappa shape index (κ2) is 8.91. The second-order valence-corrected chi connectivity index (χ2v) is 8.36. The molecule has 0 spiro atoms. The molecular weight excluding hydrogens is 314 g/mol. The Hall–Kier alpha value is -1.26. The molecule has 3 fully saturated rings. The van der Waals surface area contributed by atoms with E-state index in [-0.39, 0.29) is 11.9 Å². The average molecular weight is 350 g/mol.